The lowest BCUT2D eigenvalue weighted by atomic mass is 9.87. The Kier molecular flexibility index (Phi) is 7.23. The molecule has 22 heavy (non-hydrogen) atoms. The highest BCUT2D eigenvalue weighted by atomic mass is 35.5. The van der Waals surface area contributed by atoms with Gasteiger partial charge in [-0.1, -0.05) is 38.3 Å². The number of ether oxygens (including phenoxy) is 1. The smallest absolute Gasteiger partial charge is 0.306 e. The number of rotatable bonds is 1. The summed E-state index contributed by atoms with van der Waals surface area (Å²) in [6.45, 7) is 2.04. The summed E-state index contributed by atoms with van der Waals surface area (Å²) >= 11 is 6.28. The van der Waals surface area contributed by atoms with Gasteiger partial charge in [0.05, 0.1) is 11.5 Å². The lowest BCUT2D eigenvalue weighted by molar-refractivity contribution is -0.153. The third-order valence-corrected chi connectivity index (χ3v) is 5.47. The summed E-state index contributed by atoms with van der Waals surface area (Å²) in [5.74, 6) is 0.0352. The fourth-order valence-electron chi connectivity index (χ4n) is 3.72. The van der Waals surface area contributed by atoms with Gasteiger partial charge in [-0.2, -0.15) is 0 Å². The van der Waals surface area contributed by atoms with Gasteiger partial charge in [0.15, 0.2) is 0 Å². The van der Waals surface area contributed by atoms with Crippen LogP contribution in [0, 0.1) is 11.8 Å². The Morgan fingerprint density at radius 2 is 2.00 bits per heavy atom. The molecule has 2 aliphatic rings. The van der Waals surface area contributed by atoms with Gasteiger partial charge in [0.25, 0.3) is 0 Å². The molecule has 0 spiro atoms. The Bertz CT molecular complexity index is 383. The first-order valence-electron chi connectivity index (χ1n) is 8.81. The van der Waals surface area contributed by atoms with Crippen molar-refractivity contribution >= 4 is 17.6 Å². The number of aliphatic hydroxyl groups excluding tert-OH is 1. The number of carbonyl (C=O) groups is 1. The fourth-order valence-corrected chi connectivity index (χ4v) is 4.10. The average Bonchev–Trinajstić information content (AvgIpc) is 2.78. The summed E-state index contributed by atoms with van der Waals surface area (Å²) in [6, 6.07) is 0. The van der Waals surface area contributed by atoms with Crippen LogP contribution in [0.15, 0.2) is 12.2 Å². The minimum Gasteiger partial charge on any atom is -0.462 e. The van der Waals surface area contributed by atoms with Crippen molar-refractivity contribution in [3.8, 4) is 0 Å². The zero-order valence-corrected chi connectivity index (χ0v) is 14.3. The van der Waals surface area contributed by atoms with Gasteiger partial charge < -0.3 is 9.84 Å². The van der Waals surface area contributed by atoms with E-state index in [9.17, 15) is 9.90 Å². The molecule has 0 amide bonds. The van der Waals surface area contributed by atoms with E-state index in [1.54, 1.807) is 0 Å². The summed E-state index contributed by atoms with van der Waals surface area (Å²) in [5, 5.41) is 10.1. The average molecular weight is 329 g/mol. The molecule has 1 unspecified atom stereocenters. The van der Waals surface area contributed by atoms with E-state index in [2.05, 4.69) is 12.2 Å². The van der Waals surface area contributed by atoms with Crippen LogP contribution in [-0.2, 0) is 9.53 Å². The number of hydrogen-bond donors (Lipinski definition) is 1. The number of allylic oxidation sites excluding steroid dienone is 1. The predicted octanol–water partition coefficient (Wildman–Crippen LogP) is 4.21. The minimum absolute atomic E-state index is 0.00295. The minimum atomic E-state index is -0.538. The highest BCUT2D eigenvalue weighted by Crippen LogP contribution is 2.40. The quantitative estimate of drug-likeness (QED) is 0.445. The summed E-state index contributed by atoms with van der Waals surface area (Å²) in [5.41, 5.74) is 0. The number of fused-ring (bicyclic) bond motifs is 1. The molecule has 3 nitrogen and oxygen atoms in total. The van der Waals surface area contributed by atoms with Crippen molar-refractivity contribution in [2.45, 2.75) is 82.3 Å². The van der Waals surface area contributed by atoms with E-state index in [4.69, 9.17) is 16.3 Å². The molecule has 0 bridgehead atoms. The molecule has 0 aromatic heterocycles. The van der Waals surface area contributed by atoms with E-state index < -0.39 is 6.10 Å². The topological polar surface area (TPSA) is 46.5 Å². The third kappa shape index (κ3) is 4.73. The van der Waals surface area contributed by atoms with Crippen molar-refractivity contribution in [1.82, 2.24) is 0 Å². The maximum absolute atomic E-state index is 12.0. The van der Waals surface area contributed by atoms with Crippen LogP contribution in [0.2, 0.25) is 0 Å². The van der Waals surface area contributed by atoms with Gasteiger partial charge in [0.2, 0.25) is 0 Å². The normalized spacial score (nSPS) is 39.6. The van der Waals surface area contributed by atoms with E-state index in [0.717, 1.165) is 25.7 Å². The van der Waals surface area contributed by atoms with Gasteiger partial charge in [-0.3, -0.25) is 4.79 Å². The molecule has 1 N–H and O–H groups in total. The number of esters is 1. The Balaban J connectivity index is 2.12. The van der Waals surface area contributed by atoms with Crippen molar-refractivity contribution in [2.24, 2.45) is 11.8 Å². The molecular weight excluding hydrogens is 300 g/mol. The SMILES string of the molecule is CC[C@@H]1OC(=O)CCCCCCC/C=C\[C@@H]2C(O)[C@H](Cl)C[C@@H]12. The van der Waals surface area contributed by atoms with E-state index in [0.29, 0.717) is 12.8 Å². The molecule has 0 saturated heterocycles. The summed E-state index contributed by atoms with van der Waals surface area (Å²) in [4.78, 5) is 12.0. The van der Waals surface area contributed by atoms with Gasteiger partial charge in [-0.25, -0.2) is 0 Å². The first-order chi connectivity index (χ1) is 10.6. The van der Waals surface area contributed by atoms with Crippen LogP contribution >= 0.6 is 11.6 Å². The van der Waals surface area contributed by atoms with Crippen LogP contribution in [-0.4, -0.2) is 28.7 Å². The molecule has 1 saturated carbocycles. The van der Waals surface area contributed by atoms with Crippen LogP contribution in [0.3, 0.4) is 0 Å². The first-order valence-corrected chi connectivity index (χ1v) is 9.25. The molecule has 0 radical (unpaired) electrons. The number of carbonyl (C=O) groups excluding carboxylic acids is 1. The second-order valence-electron chi connectivity index (χ2n) is 6.65. The van der Waals surface area contributed by atoms with E-state index >= 15 is 0 Å². The highest BCUT2D eigenvalue weighted by molar-refractivity contribution is 6.21. The Hall–Kier alpha value is -0.540. The zero-order chi connectivity index (χ0) is 15.9. The Morgan fingerprint density at radius 1 is 1.27 bits per heavy atom. The van der Waals surface area contributed by atoms with Crippen LogP contribution in [0.25, 0.3) is 0 Å². The number of alkyl halides is 1. The maximum Gasteiger partial charge on any atom is 0.306 e. The van der Waals surface area contributed by atoms with Crippen molar-refractivity contribution in [3.05, 3.63) is 12.2 Å². The predicted molar refractivity (Wildman–Crippen MR) is 88.9 cm³/mol. The summed E-state index contributed by atoms with van der Waals surface area (Å²) in [6.07, 6.45) is 12.2. The second-order valence-corrected chi connectivity index (χ2v) is 7.22. The summed E-state index contributed by atoms with van der Waals surface area (Å²) < 4.78 is 5.71. The van der Waals surface area contributed by atoms with Gasteiger partial charge in [0.1, 0.15) is 6.10 Å². The molecular formula is C18H29ClO3. The van der Waals surface area contributed by atoms with Gasteiger partial charge in [0, 0.05) is 18.3 Å². The monoisotopic (exact) mass is 328 g/mol. The highest BCUT2D eigenvalue weighted by Gasteiger charge is 2.44. The van der Waals surface area contributed by atoms with Crippen LogP contribution in [0.4, 0.5) is 0 Å². The van der Waals surface area contributed by atoms with E-state index in [1.165, 1.54) is 19.3 Å². The van der Waals surface area contributed by atoms with Crippen LogP contribution < -0.4 is 0 Å². The number of halogens is 1. The first kappa shape index (κ1) is 17.8. The molecule has 1 aliphatic heterocycles. The molecule has 1 aliphatic carbocycles. The number of aliphatic hydroxyl groups is 1. The van der Waals surface area contributed by atoms with Crippen LogP contribution in [0.1, 0.15) is 64.7 Å². The zero-order valence-electron chi connectivity index (χ0n) is 13.5. The lowest BCUT2D eigenvalue weighted by Crippen LogP contribution is -2.31. The van der Waals surface area contributed by atoms with Crippen molar-refractivity contribution in [1.29, 1.82) is 0 Å². The van der Waals surface area contributed by atoms with Crippen molar-refractivity contribution < 1.29 is 14.6 Å². The second kappa shape index (κ2) is 8.93. The van der Waals surface area contributed by atoms with Crippen molar-refractivity contribution in [3.63, 3.8) is 0 Å². The number of cyclic esters (lactones) is 1. The molecule has 0 aromatic rings. The van der Waals surface area contributed by atoms with Crippen LogP contribution in [0.5, 0.6) is 0 Å². The molecule has 5 atom stereocenters. The molecule has 4 heteroatoms. The Morgan fingerprint density at radius 3 is 2.77 bits per heavy atom. The molecule has 0 aromatic carbocycles. The molecule has 126 valence electrons. The maximum atomic E-state index is 12.0. The summed E-state index contributed by atoms with van der Waals surface area (Å²) in [7, 11) is 0. The fraction of sp³-hybridized carbons (Fsp3) is 0.833. The van der Waals surface area contributed by atoms with E-state index in [-0.39, 0.29) is 29.3 Å². The van der Waals surface area contributed by atoms with E-state index in [1.807, 2.05) is 6.92 Å². The molecule has 1 heterocycles. The van der Waals surface area contributed by atoms with Crippen molar-refractivity contribution in [2.75, 3.05) is 0 Å². The standard InChI is InChI=1S/C18H29ClO3/c1-2-16-14-12-15(19)18(21)13(14)10-8-6-4-3-5-7-9-11-17(20)22-16/h8,10,13-16,18,21H,2-7,9,11-12H2,1H3/b10-8-/t13-,14+,15+,16-,18?/m0/s1. The lowest BCUT2D eigenvalue weighted by Gasteiger charge is -2.27. The Labute approximate surface area is 139 Å². The van der Waals surface area contributed by atoms with Gasteiger partial charge in [-0.05, 0) is 32.1 Å². The molecule has 1 fully saturated rings. The third-order valence-electron chi connectivity index (χ3n) is 5.03. The van der Waals surface area contributed by atoms with Gasteiger partial charge >= 0.3 is 5.97 Å². The largest absolute Gasteiger partial charge is 0.462 e. The van der Waals surface area contributed by atoms with Gasteiger partial charge in [-0.15, -0.1) is 11.6 Å². The molecule has 2 rings (SSSR count). The number of hydrogen-bond acceptors (Lipinski definition) is 3.